The minimum atomic E-state index is -3.36. The highest BCUT2D eigenvalue weighted by Crippen LogP contribution is 2.15. The van der Waals surface area contributed by atoms with Gasteiger partial charge in [0.25, 0.3) is 15.9 Å². The SMILES string of the molecule is O=[N+]([O-])c1ccc(CN2CCNS2(=O)=O)cc1. The summed E-state index contributed by atoms with van der Waals surface area (Å²) in [6, 6.07) is 5.86. The standard InChI is InChI=1S/C9H11N3O4S/c13-12(14)9-3-1-8(2-4-9)7-11-6-5-10-17(11,15)16/h1-4,10H,5-7H2. The molecule has 1 saturated heterocycles. The van der Waals surface area contributed by atoms with E-state index in [1.807, 2.05) is 0 Å². The van der Waals surface area contributed by atoms with Crippen molar-refractivity contribution in [3.8, 4) is 0 Å². The van der Waals surface area contributed by atoms with Crippen LogP contribution in [0.5, 0.6) is 0 Å². The molecule has 0 radical (unpaired) electrons. The zero-order chi connectivity index (χ0) is 12.5. The van der Waals surface area contributed by atoms with Crippen LogP contribution in [0.2, 0.25) is 0 Å². The molecule has 1 aliphatic rings. The summed E-state index contributed by atoms with van der Waals surface area (Å²) in [7, 11) is -3.36. The highest BCUT2D eigenvalue weighted by Gasteiger charge is 2.27. The summed E-state index contributed by atoms with van der Waals surface area (Å²) in [6.07, 6.45) is 0. The van der Waals surface area contributed by atoms with Crippen molar-refractivity contribution in [2.75, 3.05) is 13.1 Å². The Kier molecular flexibility index (Phi) is 3.09. The largest absolute Gasteiger partial charge is 0.279 e. The van der Waals surface area contributed by atoms with Gasteiger partial charge in [-0.05, 0) is 5.56 Å². The molecular formula is C9H11N3O4S. The van der Waals surface area contributed by atoms with Gasteiger partial charge in [0.1, 0.15) is 0 Å². The van der Waals surface area contributed by atoms with Crippen LogP contribution in [0.1, 0.15) is 5.56 Å². The molecule has 0 saturated carbocycles. The van der Waals surface area contributed by atoms with Crippen molar-refractivity contribution in [2.45, 2.75) is 6.54 Å². The third-order valence-corrected chi connectivity index (χ3v) is 4.05. The van der Waals surface area contributed by atoms with E-state index < -0.39 is 15.1 Å². The van der Waals surface area contributed by atoms with Crippen LogP contribution in [0.4, 0.5) is 5.69 Å². The fourth-order valence-electron chi connectivity index (χ4n) is 1.60. The van der Waals surface area contributed by atoms with E-state index in [4.69, 9.17) is 0 Å². The number of nitro groups is 1. The van der Waals surface area contributed by atoms with Crippen molar-refractivity contribution in [1.29, 1.82) is 0 Å². The fourth-order valence-corrected chi connectivity index (χ4v) is 2.78. The van der Waals surface area contributed by atoms with Gasteiger partial charge in [0.05, 0.1) is 4.92 Å². The third-order valence-electron chi connectivity index (χ3n) is 2.49. The Morgan fingerprint density at radius 2 is 2.00 bits per heavy atom. The van der Waals surface area contributed by atoms with Gasteiger partial charge in [-0.2, -0.15) is 12.7 Å². The molecular weight excluding hydrogens is 246 g/mol. The number of nitro benzene ring substituents is 1. The first-order valence-electron chi connectivity index (χ1n) is 4.97. The van der Waals surface area contributed by atoms with Crippen LogP contribution < -0.4 is 4.72 Å². The quantitative estimate of drug-likeness (QED) is 0.620. The number of rotatable bonds is 3. The van der Waals surface area contributed by atoms with Crippen molar-refractivity contribution >= 4 is 15.9 Å². The Morgan fingerprint density at radius 1 is 1.35 bits per heavy atom. The van der Waals surface area contributed by atoms with Gasteiger partial charge in [0, 0.05) is 31.8 Å². The lowest BCUT2D eigenvalue weighted by Crippen LogP contribution is -2.28. The summed E-state index contributed by atoms with van der Waals surface area (Å²) in [5, 5.41) is 10.4. The van der Waals surface area contributed by atoms with Crippen LogP contribution >= 0.6 is 0 Å². The molecule has 2 rings (SSSR count). The van der Waals surface area contributed by atoms with E-state index in [1.165, 1.54) is 16.4 Å². The molecule has 1 N–H and O–H groups in total. The maximum atomic E-state index is 11.4. The lowest BCUT2D eigenvalue weighted by molar-refractivity contribution is -0.384. The molecule has 0 spiro atoms. The Morgan fingerprint density at radius 3 is 2.47 bits per heavy atom. The van der Waals surface area contributed by atoms with E-state index in [1.54, 1.807) is 12.1 Å². The number of hydrogen-bond donors (Lipinski definition) is 1. The lowest BCUT2D eigenvalue weighted by Gasteiger charge is -2.12. The lowest BCUT2D eigenvalue weighted by atomic mass is 10.2. The fraction of sp³-hybridized carbons (Fsp3) is 0.333. The summed E-state index contributed by atoms with van der Waals surface area (Å²) in [5.41, 5.74) is 0.721. The predicted octanol–water partition coefficient (Wildman–Crippen LogP) is 0.245. The van der Waals surface area contributed by atoms with Crippen LogP contribution in [-0.4, -0.2) is 30.7 Å². The van der Waals surface area contributed by atoms with Crippen molar-refractivity contribution in [2.24, 2.45) is 0 Å². The highest BCUT2D eigenvalue weighted by molar-refractivity contribution is 7.87. The second kappa shape index (κ2) is 4.40. The Labute approximate surface area is 98.4 Å². The normalized spacial score (nSPS) is 19.3. The average Bonchev–Trinajstić information content (AvgIpc) is 2.59. The van der Waals surface area contributed by atoms with Crippen molar-refractivity contribution < 1.29 is 13.3 Å². The van der Waals surface area contributed by atoms with Crippen LogP contribution in [0, 0.1) is 10.1 Å². The number of nitrogens with zero attached hydrogens (tertiary/aromatic N) is 2. The van der Waals surface area contributed by atoms with E-state index in [-0.39, 0.29) is 12.2 Å². The summed E-state index contributed by atoms with van der Waals surface area (Å²) in [6.45, 7) is 1.04. The van der Waals surface area contributed by atoms with Gasteiger partial charge in [-0.3, -0.25) is 10.1 Å². The van der Waals surface area contributed by atoms with Crippen LogP contribution in [0.15, 0.2) is 24.3 Å². The minimum absolute atomic E-state index is 0.00356. The minimum Gasteiger partial charge on any atom is -0.258 e. The van der Waals surface area contributed by atoms with Gasteiger partial charge < -0.3 is 0 Å². The van der Waals surface area contributed by atoms with E-state index in [9.17, 15) is 18.5 Å². The molecule has 1 aromatic rings. The Bertz CT molecular complexity index is 526. The molecule has 7 nitrogen and oxygen atoms in total. The van der Waals surface area contributed by atoms with E-state index in [0.29, 0.717) is 13.1 Å². The molecule has 0 unspecified atom stereocenters. The molecule has 1 fully saturated rings. The molecule has 8 heteroatoms. The van der Waals surface area contributed by atoms with E-state index >= 15 is 0 Å². The number of benzene rings is 1. The predicted molar refractivity (Wildman–Crippen MR) is 60.4 cm³/mol. The monoisotopic (exact) mass is 257 g/mol. The second-order valence-corrected chi connectivity index (χ2v) is 5.41. The molecule has 0 atom stereocenters. The summed E-state index contributed by atoms with van der Waals surface area (Å²) >= 11 is 0. The number of non-ortho nitro benzene ring substituents is 1. The van der Waals surface area contributed by atoms with Crippen LogP contribution in [-0.2, 0) is 16.8 Å². The van der Waals surface area contributed by atoms with Gasteiger partial charge in [0.15, 0.2) is 0 Å². The molecule has 17 heavy (non-hydrogen) atoms. The number of hydrogen-bond acceptors (Lipinski definition) is 4. The van der Waals surface area contributed by atoms with Gasteiger partial charge in [0.2, 0.25) is 0 Å². The maximum absolute atomic E-state index is 11.4. The first kappa shape index (κ1) is 12.0. The van der Waals surface area contributed by atoms with E-state index in [0.717, 1.165) is 5.56 Å². The zero-order valence-corrected chi connectivity index (χ0v) is 9.68. The average molecular weight is 257 g/mol. The summed E-state index contributed by atoms with van der Waals surface area (Å²) in [5.74, 6) is 0. The van der Waals surface area contributed by atoms with Crippen LogP contribution in [0.3, 0.4) is 0 Å². The molecule has 92 valence electrons. The molecule has 0 aromatic heterocycles. The van der Waals surface area contributed by atoms with Gasteiger partial charge in [-0.1, -0.05) is 12.1 Å². The molecule has 0 bridgehead atoms. The van der Waals surface area contributed by atoms with Crippen LogP contribution in [0.25, 0.3) is 0 Å². The first-order valence-corrected chi connectivity index (χ1v) is 6.41. The smallest absolute Gasteiger partial charge is 0.258 e. The van der Waals surface area contributed by atoms with Crippen molar-refractivity contribution in [3.05, 3.63) is 39.9 Å². The summed E-state index contributed by atoms with van der Waals surface area (Å²) in [4.78, 5) is 9.96. The third kappa shape index (κ3) is 2.60. The van der Waals surface area contributed by atoms with Crippen molar-refractivity contribution in [3.63, 3.8) is 0 Å². The zero-order valence-electron chi connectivity index (χ0n) is 8.87. The molecule has 1 heterocycles. The molecule has 1 aromatic carbocycles. The Balaban J connectivity index is 2.12. The molecule has 0 aliphatic carbocycles. The van der Waals surface area contributed by atoms with Gasteiger partial charge in [-0.15, -0.1) is 0 Å². The maximum Gasteiger partial charge on any atom is 0.279 e. The topological polar surface area (TPSA) is 92.6 Å². The van der Waals surface area contributed by atoms with Crippen molar-refractivity contribution in [1.82, 2.24) is 9.03 Å². The van der Waals surface area contributed by atoms with E-state index in [2.05, 4.69) is 4.72 Å². The highest BCUT2D eigenvalue weighted by atomic mass is 32.2. The van der Waals surface area contributed by atoms with Gasteiger partial charge >= 0.3 is 0 Å². The van der Waals surface area contributed by atoms with Gasteiger partial charge in [-0.25, -0.2) is 4.72 Å². The Hall–Kier alpha value is -1.51. The molecule has 1 aliphatic heterocycles. The molecule has 0 amide bonds. The number of nitrogens with one attached hydrogen (secondary N) is 1. The first-order chi connectivity index (χ1) is 7.99. The summed E-state index contributed by atoms with van der Waals surface area (Å²) < 4.78 is 26.6. The second-order valence-electron chi connectivity index (χ2n) is 3.66.